The molecule has 1 aliphatic rings. The minimum atomic E-state index is -1.70. The first kappa shape index (κ1) is 19.9. The van der Waals surface area contributed by atoms with E-state index in [0.717, 1.165) is 12.8 Å². The van der Waals surface area contributed by atoms with E-state index in [1.807, 2.05) is 6.08 Å². The zero-order chi connectivity index (χ0) is 17.2. The van der Waals surface area contributed by atoms with E-state index in [2.05, 4.69) is 60.7 Å². The fourth-order valence-corrected chi connectivity index (χ4v) is 4.30. The zero-order valence-electron chi connectivity index (χ0n) is 16.1. The highest BCUT2D eigenvalue weighted by molar-refractivity contribution is 6.74. The fraction of sp³-hybridized carbons (Fsp3) is 0.895. The molecule has 2 nitrogen and oxygen atoms in total. The van der Waals surface area contributed by atoms with E-state index in [1.54, 1.807) is 0 Å². The standard InChI is InChI=1S/C19H38O2Si/c1-15(2)17-11-10-16(3)14-19(17,20)12-9-13-21-22(7,8)18(4,5)6/h9,12,15-17,20H,10-11,13-14H2,1-8H3/b12-9+/t16-,17+,19+/m1/s1. The van der Waals surface area contributed by atoms with Crippen molar-refractivity contribution in [1.29, 1.82) is 0 Å². The third kappa shape index (κ3) is 4.94. The molecule has 1 saturated carbocycles. The van der Waals surface area contributed by atoms with Crippen molar-refractivity contribution in [2.75, 3.05) is 6.61 Å². The Kier molecular flexibility index (Phi) is 6.51. The number of hydrogen-bond donors (Lipinski definition) is 1. The van der Waals surface area contributed by atoms with Crippen LogP contribution in [0.25, 0.3) is 0 Å². The second kappa shape index (κ2) is 7.19. The molecule has 22 heavy (non-hydrogen) atoms. The maximum absolute atomic E-state index is 11.1. The van der Waals surface area contributed by atoms with Gasteiger partial charge in [-0.05, 0) is 48.7 Å². The van der Waals surface area contributed by atoms with Gasteiger partial charge in [0.05, 0.1) is 12.2 Å². The second-order valence-electron chi connectivity index (χ2n) is 9.20. The molecule has 0 heterocycles. The summed E-state index contributed by atoms with van der Waals surface area (Å²) in [6.45, 7) is 18.7. The molecule has 130 valence electrons. The van der Waals surface area contributed by atoms with Gasteiger partial charge in [0.1, 0.15) is 0 Å². The van der Waals surface area contributed by atoms with Gasteiger partial charge < -0.3 is 9.53 Å². The van der Waals surface area contributed by atoms with Crippen LogP contribution in [0.5, 0.6) is 0 Å². The van der Waals surface area contributed by atoms with Crippen LogP contribution in [-0.4, -0.2) is 25.6 Å². The molecule has 0 saturated heterocycles. The highest BCUT2D eigenvalue weighted by atomic mass is 28.4. The Labute approximate surface area is 139 Å². The molecule has 0 amide bonds. The van der Waals surface area contributed by atoms with Crippen LogP contribution in [0.1, 0.15) is 60.8 Å². The minimum Gasteiger partial charge on any atom is -0.413 e. The molecule has 0 aromatic rings. The van der Waals surface area contributed by atoms with Crippen molar-refractivity contribution in [2.24, 2.45) is 17.8 Å². The van der Waals surface area contributed by atoms with Gasteiger partial charge >= 0.3 is 0 Å². The number of aliphatic hydroxyl groups is 1. The maximum atomic E-state index is 11.1. The lowest BCUT2D eigenvalue weighted by Gasteiger charge is -2.43. The number of hydrogen-bond acceptors (Lipinski definition) is 2. The van der Waals surface area contributed by atoms with Gasteiger partial charge in [0, 0.05) is 0 Å². The predicted octanol–water partition coefficient (Wildman–Crippen LogP) is 5.39. The van der Waals surface area contributed by atoms with E-state index < -0.39 is 13.9 Å². The van der Waals surface area contributed by atoms with Gasteiger partial charge in [-0.1, -0.05) is 60.1 Å². The molecule has 0 bridgehead atoms. The first-order valence-corrected chi connectivity index (χ1v) is 11.8. The van der Waals surface area contributed by atoms with Crippen LogP contribution in [0.15, 0.2) is 12.2 Å². The molecule has 3 atom stereocenters. The highest BCUT2D eigenvalue weighted by Crippen LogP contribution is 2.42. The zero-order valence-corrected chi connectivity index (χ0v) is 17.1. The topological polar surface area (TPSA) is 29.5 Å². The summed E-state index contributed by atoms with van der Waals surface area (Å²) in [4.78, 5) is 0. The van der Waals surface area contributed by atoms with Gasteiger partial charge in [-0.2, -0.15) is 0 Å². The van der Waals surface area contributed by atoms with Gasteiger partial charge in [0.15, 0.2) is 8.32 Å². The highest BCUT2D eigenvalue weighted by Gasteiger charge is 2.41. The third-order valence-corrected chi connectivity index (χ3v) is 10.3. The molecule has 1 rings (SSSR count). The molecule has 0 aromatic heterocycles. The fourth-order valence-electron chi connectivity index (χ4n) is 3.35. The Hall–Kier alpha value is -0.123. The van der Waals surface area contributed by atoms with Gasteiger partial charge in [0.2, 0.25) is 0 Å². The molecule has 0 aliphatic heterocycles. The average molecular weight is 327 g/mol. The quantitative estimate of drug-likeness (QED) is 0.542. The monoisotopic (exact) mass is 326 g/mol. The molecular weight excluding hydrogens is 288 g/mol. The van der Waals surface area contributed by atoms with Crippen molar-refractivity contribution >= 4 is 8.32 Å². The van der Waals surface area contributed by atoms with E-state index in [0.29, 0.717) is 24.4 Å². The lowest BCUT2D eigenvalue weighted by Crippen LogP contribution is -2.44. The van der Waals surface area contributed by atoms with Crippen molar-refractivity contribution in [2.45, 2.75) is 84.5 Å². The summed E-state index contributed by atoms with van der Waals surface area (Å²) in [5, 5.41) is 11.4. The van der Waals surface area contributed by atoms with Crippen LogP contribution in [0.4, 0.5) is 0 Å². The first-order valence-electron chi connectivity index (χ1n) is 8.93. The molecule has 0 radical (unpaired) electrons. The summed E-state index contributed by atoms with van der Waals surface area (Å²) < 4.78 is 6.19. The lowest BCUT2D eigenvalue weighted by atomic mass is 9.67. The molecule has 0 spiro atoms. The van der Waals surface area contributed by atoms with E-state index >= 15 is 0 Å². The Morgan fingerprint density at radius 2 is 1.86 bits per heavy atom. The van der Waals surface area contributed by atoms with Crippen molar-refractivity contribution < 1.29 is 9.53 Å². The molecule has 3 heteroatoms. The van der Waals surface area contributed by atoms with Gasteiger partial charge in [-0.25, -0.2) is 0 Å². The van der Waals surface area contributed by atoms with Gasteiger partial charge in [-0.3, -0.25) is 0 Å². The van der Waals surface area contributed by atoms with Crippen molar-refractivity contribution in [3.05, 3.63) is 12.2 Å². The molecule has 1 fully saturated rings. The summed E-state index contributed by atoms with van der Waals surface area (Å²) >= 11 is 0. The summed E-state index contributed by atoms with van der Waals surface area (Å²) in [6, 6.07) is 0. The van der Waals surface area contributed by atoms with E-state index in [9.17, 15) is 5.11 Å². The van der Waals surface area contributed by atoms with Crippen LogP contribution in [-0.2, 0) is 4.43 Å². The van der Waals surface area contributed by atoms with E-state index in [-0.39, 0.29) is 5.04 Å². The number of rotatable bonds is 5. The Morgan fingerprint density at radius 1 is 1.27 bits per heavy atom. The largest absolute Gasteiger partial charge is 0.413 e. The molecule has 0 unspecified atom stereocenters. The lowest BCUT2D eigenvalue weighted by molar-refractivity contribution is -0.0410. The summed E-state index contributed by atoms with van der Waals surface area (Å²) in [5.41, 5.74) is -0.650. The van der Waals surface area contributed by atoms with E-state index in [1.165, 1.54) is 6.42 Å². The Morgan fingerprint density at radius 3 is 2.36 bits per heavy atom. The summed E-state index contributed by atoms with van der Waals surface area (Å²) in [7, 11) is -1.70. The van der Waals surface area contributed by atoms with Crippen LogP contribution < -0.4 is 0 Å². The molecule has 1 aliphatic carbocycles. The Bertz CT molecular complexity index is 381. The molecule has 1 N–H and O–H groups in total. The van der Waals surface area contributed by atoms with Crippen LogP contribution in [0.2, 0.25) is 18.1 Å². The predicted molar refractivity (Wildman–Crippen MR) is 98.6 cm³/mol. The Balaban J connectivity index is 2.70. The second-order valence-corrected chi connectivity index (χ2v) is 14.0. The first-order chi connectivity index (χ1) is 9.89. The van der Waals surface area contributed by atoms with Gasteiger partial charge in [-0.15, -0.1) is 0 Å². The SMILES string of the molecule is CC(C)[C@@H]1CC[C@@H](C)C[C@@]1(O)/C=C/CO[Si](C)(C)C(C)(C)C. The van der Waals surface area contributed by atoms with Crippen LogP contribution in [0.3, 0.4) is 0 Å². The summed E-state index contributed by atoms with van der Waals surface area (Å²) in [5.74, 6) is 1.49. The maximum Gasteiger partial charge on any atom is 0.192 e. The van der Waals surface area contributed by atoms with Crippen molar-refractivity contribution in [3.63, 3.8) is 0 Å². The average Bonchev–Trinajstić information content (AvgIpc) is 2.32. The normalized spacial score (nSPS) is 31.2. The molecular formula is C19H38O2Si. The summed E-state index contributed by atoms with van der Waals surface area (Å²) in [6.07, 6.45) is 7.35. The van der Waals surface area contributed by atoms with Crippen molar-refractivity contribution in [3.8, 4) is 0 Å². The minimum absolute atomic E-state index is 0.234. The van der Waals surface area contributed by atoms with Crippen LogP contribution in [0, 0.1) is 17.8 Å². The van der Waals surface area contributed by atoms with Crippen LogP contribution >= 0.6 is 0 Å². The van der Waals surface area contributed by atoms with Crippen molar-refractivity contribution in [1.82, 2.24) is 0 Å². The third-order valence-electron chi connectivity index (χ3n) is 5.85. The van der Waals surface area contributed by atoms with Gasteiger partial charge in [0.25, 0.3) is 0 Å². The molecule has 0 aromatic carbocycles. The smallest absolute Gasteiger partial charge is 0.192 e. The van der Waals surface area contributed by atoms with E-state index in [4.69, 9.17) is 4.43 Å².